The molecule has 0 bridgehead atoms. The number of rotatable bonds is 3. The minimum Gasteiger partial charge on any atom is -0.334 e. The molecule has 2 amide bonds. The summed E-state index contributed by atoms with van der Waals surface area (Å²) in [5.41, 5.74) is 2.71. The average molecular weight is 315 g/mol. The molecule has 0 aromatic carbocycles. The summed E-state index contributed by atoms with van der Waals surface area (Å²) in [7, 11) is 0. The molecule has 3 atom stereocenters. The first-order chi connectivity index (χ1) is 9.33. The summed E-state index contributed by atoms with van der Waals surface area (Å²) in [6.45, 7) is 0.512. The van der Waals surface area contributed by atoms with Crippen LogP contribution < -0.4 is 10.6 Å². The number of hydrogen-bond acceptors (Lipinski definition) is 5. The highest BCUT2D eigenvalue weighted by molar-refractivity contribution is 8.07. The van der Waals surface area contributed by atoms with Crippen molar-refractivity contribution in [3.05, 3.63) is 16.6 Å². The van der Waals surface area contributed by atoms with E-state index in [9.17, 15) is 4.79 Å². The van der Waals surface area contributed by atoms with Crippen molar-refractivity contribution in [2.24, 2.45) is 0 Å². The summed E-state index contributed by atoms with van der Waals surface area (Å²) < 4.78 is 0. The maximum absolute atomic E-state index is 11.9. The molecule has 19 heavy (non-hydrogen) atoms. The second kappa shape index (κ2) is 6.37. The van der Waals surface area contributed by atoms with Crippen molar-refractivity contribution in [2.75, 3.05) is 11.5 Å². The van der Waals surface area contributed by atoms with Crippen LogP contribution in [-0.2, 0) is 6.54 Å². The highest BCUT2D eigenvalue weighted by Crippen LogP contribution is 2.41. The number of thiazole rings is 1. The summed E-state index contributed by atoms with van der Waals surface area (Å²) in [6.07, 6.45) is 2.35. The lowest BCUT2D eigenvalue weighted by atomic mass is 10.2. The Kier molecular flexibility index (Phi) is 4.55. The van der Waals surface area contributed by atoms with E-state index in [4.69, 9.17) is 0 Å². The van der Waals surface area contributed by atoms with E-state index in [-0.39, 0.29) is 6.03 Å². The van der Waals surface area contributed by atoms with Gasteiger partial charge in [0.2, 0.25) is 0 Å². The summed E-state index contributed by atoms with van der Waals surface area (Å²) in [5.74, 6) is 2.47. The molecule has 1 aromatic rings. The third-order valence-electron chi connectivity index (χ3n) is 3.48. The fourth-order valence-electron chi connectivity index (χ4n) is 2.59. The van der Waals surface area contributed by atoms with Crippen LogP contribution >= 0.6 is 34.9 Å². The van der Waals surface area contributed by atoms with Crippen LogP contribution in [0.15, 0.2) is 10.9 Å². The van der Waals surface area contributed by atoms with Crippen molar-refractivity contribution in [3.63, 3.8) is 0 Å². The molecule has 0 radical (unpaired) electrons. The Morgan fingerprint density at radius 3 is 3.11 bits per heavy atom. The molecule has 2 N–H and O–H groups in total. The first-order valence-corrected chi connectivity index (χ1v) is 9.51. The lowest BCUT2D eigenvalue weighted by Crippen LogP contribution is -2.46. The summed E-state index contributed by atoms with van der Waals surface area (Å²) in [5, 5.41) is 9.31. The van der Waals surface area contributed by atoms with Crippen molar-refractivity contribution in [1.82, 2.24) is 15.6 Å². The molecule has 3 rings (SSSR count). The number of carbonyl (C=O) groups excluding carboxylic acids is 1. The van der Waals surface area contributed by atoms with Crippen LogP contribution in [0.3, 0.4) is 0 Å². The van der Waals surface area contributed by atoms with E-state index in [0.717, 1.165) is 17.4 Å². The minimum atomic E-state index is -0.0603. The van der Waals surface area contributed by atoms with Crippen molar-refractivity contribution in [3.8, 4) is 0 Å². The highest BCUT2D eigenvalue weighted by Gasteiger charge is 2.39. The van der Waals surface area contributed by atoms with E-state index in [1.54, 1.807) is 16.8 Å². The maximum atomic E-state index is 11.9. The molecule has 1 saturated carbocycles. The van der Waals surface area contributed by atoms with Gasteiger partial charge in [0.15, 0.2) is 0 Å². The fourth-order valence-corrected chi connectivity index (χ4v) is 6.43. The van der Waals surface area contributed by atoms with Crippen LogP contribution in [0.2, 0.25) is 0 Å². The first-order valence-electron chi connectivity index (χ1n) is 6.47. The molecule has 104 valence electrons. The van der Waals surface area contributed by atoms with Gasteiger partial charge >= 0.3 is 6.03 Å². The predicted molar refractivity (Wildman–Crippen MR) is 83.0 cm³/mol. The Bertz CT molecular complexity index is 426. The number of amides is 2. The number of hydrogen-bond donors (Lipinski definition) is 2. The van der Waals surface area contributed by atoms with Crippen LogP contribution in [0.5, 0.6) is 0 Å². The number of thioether (sulfide) groups is 2. The van der Waals surface area contributed by atoms with Crippen molar-refractivity contribution in [2.45, 2.75) is 35.9 Å². The fraction of sp³-hybridized carbons (Fsp3) is 0.667. The van der Waals surface area contributed by atoms with Gasteiger partial charge in [-0.05, 0) is 12.8 Å². The second-order valence-electron chi connectivity index (χ2n) is 4.74. The predicted octanol–water partition coefficient (Wildman–Crippen LogP) is 2.32. The van der Waals surface area contributed by atoms with Gasteiger partial charge in [-0.1, -0.05) is 0 Å². The first kappa shape index (κ1) is 13.6. The molecule has 2 aliphatic rings. The van der Waals surface area contributed by atoms with Crippen LogP contribution in [0.4, 0.5) is 4.79 Å². The van der Waals surface area contributed by atoms with E-state index in [1.807, 2.05) is 17.1 Å². The van der Waals surface area contributed by atoms with Gasteiger partial charge in [0.1, 0.15) is 0 Å². The summed E-state index contributed by atoms with van der Waals surface area (Å²) in [6, 6.07) is 0.271. The van der Waals surface area contributed by atoms with Gasteiger partial charge in [-0.3, -0.25) is 0 Å². The zero-order valence-electron chi connectivity index (χ0n) is 10.5. The lowest BCUT2D eigenvalue weighted by Gasteiger charge is -2.28. The van der Waals surface area contributed by atoms with Crippen LogP contribution in [0, 0.1) is 0 Å². The second-order valence-corrected chi connectivity index (χ2v) is 8.09. The van der Waals surface area contributed by atoms with Crippen molar-refractivity contribution < 1.29 is 4.79 Å². The van der Waals surface area contributed by atoms with Gasteiger partial charge in [0, 0.05) is 33.4 Å². The zero-order valence-corrected chi connectivity index (χ0v) is 13.0. The van der Waals surface area contributed by atoms with E-state index in [0.29, 0.717) is 17.8 Å². The Labute approximate surface area is 125 Å². The number of nitrogens with one attached hydrogen (secondary N) is 2. The maximum Gasteiger partial charge on any atom is 0.315 e. The number of aromatic nitrogens is 1. The molecule has 2 heterocycles. The number of fused-ring (bicyclic) bond motifs is 1. The Morgan fingerprint density at radius 1 is 1.37 bits per heavy atom. The molecule has 1 aliphatic heterocycles. The molecule has 1 aliphatic carbocycles. The van der Waals surface area contributed by atoms with Gasteiger partial charge in [-0.2, -0.15) is 23.5 Å². The standard InChI is InChI=1S/C12H17N3OS3/c16-12(13-5-8-6-17-7-14-8)15-9-1-2-10-11(9)19-4-3-18-10/h6-7,9-11H,1-5H2,(H2,13,15,16). The molecule has 7 heteroatoms. The number of urea groups is 1. The SMILES string of the molecule is O=C(NCc1cscn1)NC1CCC2SCCSC12. The van der Waals surface area contributed by atoms with E-state index in [1.165, 1.54) is 17.9 Å². The summed E-state index contributed by atoms with van der Waals surface area (Å²) in [4.78, 5) is 16.1. The van der Waals surface area contributed by atoms with Crippen LogP contribution in [0.25, 0.3) is 0 Å². The van der Waals surface area contributed by atoms with Crippen LogP contribution in [0.1, 0.15) is 18.5 Å². The topological polar surface area (TPSA) is 54.0 Å². The smallest absolute Gasteiger partial charge is 0.315 e. The highest BCUT2D eigenvalue weighted by atomic mass is 32.2. The third-order valence-corrected chi connectivity index (χ3v) is 7.43. The average Bonchev–Trinajstić information content (AvgIpc) is 3.07. The third kappa shape index (κ3) is 3.38. The van der Waals surface area contributed by atoms with Crippen LogP contribution in [-0.4, -0.2) is 39.1 Å². The molecule has 1 aromatic heterocycles. The molecule has 3 unspecified atom stereocenters. The largest absolute Gasteiger partial charge is 0.334 e. The molecule has 4 nitrogen and oxygen atoms in total. The normalized spacial score (nSPS) is 29.8. The summed E-state index contributed by atoms with van der Waals surface area (Å²) >= 11 is 5.65. The number of nitrogens with zero attached hydrogens (tertiary/aromatic N) is 1. The van der Waals surface area contributed by atoms with Gasteiger partial charge < -0.3 is 10.6 Å². The Hall–Kier alpha value is -0.400. The molecule has 1 saturated heterocycles. The Balaban J connectivity index is 1.47. The van der Waals surface area contributed by atoms with E-state index >= 15 is 0 Å². The van der Waals surface area contributed by atoms with E-state index in [2.05, 4.69) is 27.4 Å². The lowest BCUT2D eigenvalue weighted by molar-refractivity contribution is 0.237. The number of carbonyl (C=O) groups is 1. The van der Waals surface area contributed by atoms with Gasteiger partial charge in [0.05, 0.1) is 17.7 Å². The van der Waals surface area contributed by atoms with Gasteiger partial charge in [-0.25, -0.2) is 9.78 Å². The molecular weight excluding hydrogens is 298 g/mol. The molecule has 2 fully saturated rings. The van der Waals surface area contributed by atoms with Gasteiger partial charge in [-0.15, -0.1) is 11.3 Å². The Morgan fingerprint density at radius 2 is 2.26 bits per heavy atom. The van der Waals surface area contributed by atoms with E-state index < -0.39 is 0 Å². The quantitative estimate of drug-likeness (QED) is 0.899. The van der Waals surface area contributed by atoms with Crippen molar-refractivity contribution in [1.29, 1.82) is 0 Å². The molecule has 0 spiro atoms. The van der Waals surface area contributed by atoms with Gasteiger partial charge in [0.25, 0.3) is 0 Å². The zero-order chi connectivity index (χ0) is 13.1. The molecular formula is C12H17N3OS3. The minimum absolute atomic E-state index is 0.0603. The monoisotopic (exact) mass is 315 g/mol. The van der Waals surface area contributed by atoms with Crippen molar-refractivity contribution >= 4 is 40.9 Å².